The van der Waals surface area contributed by atoms with Crippen LogP contribution in [0.2, 0.25) is 0 Å². The molecule has 1 aliphatic heterocycles. The molecule has 1 saturated heterocycles. The summed E-state index contributed by atoms with van der Waals surface area (Å²) in [7, 11) is 0. The average molecular weight is 317 g/mol. The normalized spacial score (nSPS) is 19.0. The number of imide groups is 1. The second kappa shape index (κ2) is 9.62. The lowest BCUT2D eigenvalue weighted by molar-refractivity contribution is -0.138. The number of carboxylic acids is 1. The molecule has 1 atom stereocenters. The lowest BCUT2D eigenvalue weighted by Gasteiger charge is -2.33. The highest BCUT2D eigenvalue weighted by molar-refractivity contribution is 7.99. The molecule has 0 saturated carbocycles. The van der Waals surface area contributed by atoms with Crippen molar-refractivity contribution in [2.24, 2.45) is 0 Å². The third kappa shape index (κ3) is 7.33. The van der Waals surface area contributed by atoms with Gasteiger partial charge in [0.15, 0.2) is 0 Å². The Labute approximate surface area is 128 Å². The van der Waals surface area contributed by atoms with Crippen LogP contribution in [0.5, 0.6) is 0 Å². The number of hydrogen-bond donors (Lipinski definition) is 3. The number of thioether (sulfide) groups is 1. The summed E-state index contributed by atoms with van der Waals surface area (Å²) in [5.41, 5.74) is 0. The van der Waals surface area contributed by atoms with Crippen LogP contribution < -0.4 is 10.6 Å². The van der Waals surface area contributed by atoms with E-state index in [1.165, 1.54) is 0 Å². The molecule has 1 heterocycles. The molecule has 7 nitrogen and oxygen atoms in total. The van der Waals surface area contributed by atoms with Crippen molar-refractivity contribution in [1.29, 1.82) is 0 Å². The van der Waals surface area contributed by atoms with E-state index < -0.39 is 17.9 Å². The molecule has 120 valence electrons. The maximum atomic E-state index is 11.8. The highest BCUT2D eigenvalue weighted by Crippen LogP contribution is 2.18. The Morgan fingerprint density at radius 3 is 2.81 bits per heavy atom. The van der Waals surface area contributed by atoms with Crippen molar-refractivity contribution in [1.82, 2.24) is 15.5 Å². The van der Waals surface area contributed by atoms with Gasteiger partial charge < -0.3 is 10.4 Å². The van der Waals surface area contributed by atoms with Crippen LogP contribution in [-0.4, -0.2) is 65.1 Å². The Morgan fingerprint density at radius 2 is 2.14 bits per heavy atom. The molecule has 3 N–H and O–H groups in total. The molecule has 0 bridgehead atoms. The molecular weight excluding hydrogens is 294 g/mol. The van der Waals surface area contributed by atoms with E-state index in [4.69, 9.17) is 5.11 Å². The number of nitrogens with one attached hydrogen (secondary N) is 2. The number of aliphatic carboxylic acids is 1. The van der Waals surface area contributed by atoms with Crippen LogP contribution >= 0.6 is 11.8 Å². The van der Waals surface area contributed by atoms with Gasteiger partial charge >= 0.3 is 12.0 Å². The van der Waals surface area contributed by atoms with E-state index in [0.29, 0.717) is 18.8 Å². The van der Waals surface area contributed by atoms with E-state index >= 15 is 0 Å². The smallest absolute Gasteiger partial charge is 0.321 e. The number of amides is 3. The molecule has 1 unspecified atom stereocenters. The van der Waals surface area contributed by atoms with Gasteiger partial charge in [0.2, 0.25) is 5.91 Å². The quantitative estimate of drug-likeness (QED) is 0.592. The van der Waals surface area contributed by atoms with Crippen molar-refractivity contribution in [2.45, 2.75) is 32.2 Å². The number of carboxylic acid groups (broad SMARTS) is 1. The number of carbonyl (C=O) groups is 3. The van der Waals surface area contributed by atoms with Crippen LogP contribution in [0.1, 0.15) is 26.2 Å². The molecule has 0 spiro atoms. The van der Waals surface area contributed by atoms with Gasteiger partial charge in [0.05, 0.1) is 13.0 Å². The van der Waals surface area contributed by atoms with Crippen LogP contribution in [0, 0.1) is 0 Å². The SMILES string of the molecule is CCCCNC(=O)NC(=O)CN1CCSCC1CC(=O)O. The maximum absolute atomic E-state index is 11.8. The largest absolute Gasteiger partial charge is 0.481 e. The Kier molecular flexibility index (Phi) is 8.14. The topological polar surface area (TPSA) is 98.7 Å². The Bertz CT molecular complexity index is 378. The highest BCUT2D eigenvalue weighted by atomic mass is 32.2. The van der Waals surface area contributed by atoms with Crippen LogP contribution in [0.4, 0.5) is 4.79 Å². The molecule has 1 rings (SSSR count). The fourth-order valence-electron chi connectivity index (χ4n) is 2.06. The zero-order chi connectivity index (χ0) is 15.7. The first-order valence-electron chi connectivity index (χ1n) is 7.14. The third-order valence-corrected chi connectivity index (χ3v) is 4.27. The number of rotatable bonds is 7. The second-order valence-electron chi connectivity index (χ2n) is 4.95. The Balaban J connectivity index is 2.37. The molecule has 3 amide bonds. The summed E-state index contributed by atoms with van der Waals surface area (Å²) < 4.78 is 0. The minimum atomic E-state index is -0.870. The number of nitrogens with zero attached hydrogens (tertiary/aromatic N) is 1. The van der Waals surface area contributed by atoms with Crippen molar-refractivity contribution in [3.05, 3.63) is 0 Å². The summed E-state index contributed by atoms with van der Waals surface area (Å²) >= 11 is 1.69. The van der Waals surface area contributed by atoms with E-state index in [1.54, 1.807) is 11.8 Å². The maximum Gasteiger partial charge on any atom is 0.321 e. The molecule has 0 aromatic carbocycles. The van der Waals surface area contributed by atoms with Crippen LogP contribution in [-0.2, 0) is 9.59 Å². The van der Waals surface area contributed by atoms with Gasteiger partial charge in [-0.05, 0) is 6.42 Å². The number of hydrogen-bond acceptors (Lipinski definition) is 5. The molecule has 0 radical (unpaired) electrons. The van der Waals surface area contributed by atoms with Crippen molar-refractivity contribution in [3.8, 4) is 0 Å². The first kappa shape index (κ1) is 17.8. The summed E-state index contributed by atoms with van der Waals surface area (Å²) in [6.07, 6.45) is 1.85. The minimum absolute atomic E-state index is 0.0168. The molecule has 1 fully saturated rings. The fourth-order valence-corrected chi connectivity index (χ4v) is 3.19. The van der Waals surface area contributed by atoms with Gasteiger partial charge in [-0.2, -0.15) is 11.8 Å². The van der Waals surface area contributed by atoms with Crippen molar-refractivity contribution in [3.63, 3.8) is 0 Å². The van der Waals surface area contributed by atoms with Crippen molar-refractivity contribution >= 4 is 29.7 Å². The summed E-state index contributed by atoms with van der Waals surface area (Å²) in [4.78, 5) is 35.9. The predicted molar refractivity (Wildman–Crippen MR) is 81.4 cm³/mol. The van der Waals surface area contributed by atoms with E-state index in [0.717, 1.165) is 18.6 Å². The van der Waals surface area contributed by atoms with Crippen LogP contribution in [0.3, 0.4) is 0 Å². The summed E-state index contributed by atoms with van der Waals surface area (Å²) in [6, 6.07) is -0.648. The second-order valence-corrected chi connectivity index (χ2v) is 6.10. The summed E-state index contributed by atoms with van der Waals surface area (Å²) in [5, 5.41) is 13.8. The Morgan fingerprint density at radius 1 is 1.38 bits per heavy atom. The molecule has 21 heavy (non-hydrogen) atoms. The van der Waals surface area contributed by atoms with Crippen molar-refractivity contribution < 1.29 is 19.5 Å². The first-order chi connectivity index (χ1) is 10.0. The average Bonchev–Trinajstić information content (AvgIpc) is 2.40. The van der Waals surface area contributed by atoms with Crippen LogP contribution in [0.25, 0.3) is 0 Å². The summed E-state index contributed by atoms with van der Waals surface area (Å²) in [5.74, 6) is 0.297. The zero-order valence-corrected chi connectivity index (χ0v) is 13.1. The molecule has 0 aromatic rings. The monoisotopic (exact) mass is 317 g/mol. The molecule has 8 heteroatoms. The zero-order valence-electron chi connectivity index (χ0n) is 12.3. The van der Waals surface area contributed by atoms with Gasteiger partial charge in [-0.1, -0.05) is 13.3 Å². The van der Waals surface area contributed by atoms with E-state index in [2.05, 4.69) is 10.6 Å². The lowest BCUT2D eigenvalue weighted by atomic mass is 10.2. The lowest BCUT2D eigenvalue weighted by Crippen LogP contribution is -2.50. The van der Waals surface area contributed by atoms with Gasteiger partial charge in [0.25, 0.3) is 0 Å². The van der Waals surface area contributed by atoms with Crippen LogP contribution in [0.15, 0.2) is 0 Å². The fraction of sp³-hybridized carbons (Fsp3) is 0.769. The Hall–Kier alpha value is -1.28. The highest BCUT2D eigenvalue weighted by Gasteiger charge is 2.26. The third-order valence-electron chi connectivity index (χ3n) is 3.18. The van der Waals surface area contributed by atoms with Gasteiger partial charge in [-0.15, -0.1) is 0 Å². The predicted octanol–water partition coefficient (Wildman–Crippen LogP) is 0.504. The van der Waals surface area contributed by atoms with Gasteiger partial charge in [0, 0.05) is 30.6 Å². The van der Waals surface area contributed by atoms with Gasteiger partial charge in [-0.3, -0.25) is 19.8 Å². The van der Waals surface area contributed by atoms with E-state index in [-0.39, 0.29) is 19.0 Å². The molecule has 0 aromatic heterocycles. The van der Waals surface area contributed by atoms with Gasteiger partial charge in [0.1, 0.15) is 0 Å². The molecule has 0 aliphatic carbocycles. The van der Waals surface area contributed by atoms with E-state index in [1.807, 2.05) is 11.8 Å². The molecular formula is C13H23N3O4S. The van der Waals surface area contributed by atoms with Gasteiger partial charge in [-0.25, -0.2) is 4.79 Å². The summed E-state index contributed by atoms with van der Waals surface area (Å²) in [6.45, 7) is 3.27. The molecule has 1 aliphatic rings. The van der Waals surface area contributed by atoms with Crippen molar-refractivity contribution in [2.75, 3.05) is 31.1 Å². The number of carbonyl (C=O) groups excluding carboxylic acids is 2. The number of urea groups is 1. The number of unbranched alkanes of at least 4 members (excludes halogenated alkanes) is 1. The minimum Gasteiger partial charge on any atom is -0.481 e. The first-order valence-corrected chi connectivity index (χ1v) is 8.29. The standard InChI is InChI=1S/C13H23N3O4S/c1-2-3-4-14-13(20)15-11(17)8-16-5-6-21-9-10(16)7-12(18)19/h10H,2-9H2,1H3,(H,18,19)(H2,14,15,17,20). The van der Waals surface area contributed by atoms with E-state index in [9.17, 15) is 14.4 Å².